The summed E-state index contributed by atoms with van der Waals surface area (Å²) in [6.45, 7) is 9.04. The third-order valence-electron chi connectivity index (χ3n) is 4.42. The van der Waals surface area contributed by atoms with E-state index in [2.05, 4.69) is 26.5 Å². The third-order valence-corrected chi connectivity index (χ3v) is 4.42. The maximum atomic E-state index is 13.5. The molecular formula is C21H27FO2. The molecule has 130 valence electrons. The molecule has 1 aromatic carbocycles. The molecule has 2 rings (SSSR count). The number of halogens is 1. The highest BCUT2D eigenvalue weighted by Crippen LogP contribution is 2.29. The normalized spacial score (nSPS) is 17.9. The van der Waals surface area contributed by atoms with Crippen LogP contribution in [0.2, 0.25) is 0 Å². The lowest BCUT2D eigenvalue weighted by molar-refractivity contribution is 0.116. The van der Waals surface area contributed by atoms with Gasteiger partial charge in [0.1, 0.15) is 0 Å². The van der Waals surface area contributed by atoms with Crippen molar-refractivity contribution < 1.29 is 14.2 Å². The van der Waals surface area contributed by atoms with E-state index in [1.807, 2.05) is 6.08 Å². The maximum absolute atomic E-state index is 13.5. The Labute approximate surface area is 144 Å². The van der Waals surface area contributed by atoms with Gasteiger partial charge in [0.15, 0.2) is 11.6 Å². The molecule has 0 bridgehead atoms. The van der Waals surface area contributed by atoms with Crippen molar-refractivity contribution in [1.29, 1.82) is 0 Å². The van der Waals surface area contributed by atoms with E-state index in [-0.39, 0.29) is 11.9 Å². The average Bonchev–Trinajstić information content (AvgIpc) is 3.04. The van der Waals surface area contributed by atoms with Gasteiger partial charge in [0, 0.05) is 0 Å². The smallest absolute Gasteiger partial charge is 0.165 e. The molecule has 0 aliphatic carbocycles. The monoisotopic (exact) mass is 330 g/mol. The molecule has 1 N–H and O–H groups in total. The first-order chi connectivity index (χ1) is 11.5. The Balaban J connectivity index is 2.06. The van der Waals surface area contributed by atoms with E-state index in [0.717, 1.165) is 43.2 Å². The van der Waals surface area contributed by atoms with Crippen molar-refractivity contribution in [1.82, 2.24) is 0 Å². The summed E-state index contributed by atoms with van der Waals surface area (Å²) in [7, 11) is 0. The second-order valence-corrected chi connectivity index (χ2v) is 6.24. The first kappa shape index (κ1) is 18.5. The van der Waals surface area contributed by atoms with Crippen LogP contribution in [0.25, 0.3) is 6.08 Å². The molecule has 0 aromatic heterocycles. The van der Waals surface area contributed by atoms with Crippen molar-refractivity contribution >= 4 is 6.08 Å². The van der Waals surface area contributed by atoms with Gasteiger partial charge in [0.25, 0.3) is 0 Å². The lowest BCUT2D eigenvalue weighted by Crippen LogP contribution is -2.11. The van der Waals surface area contributed by atoms with E-state index in [0.29, 0.717) is 6.61 Å². The molecular weight excluding hydrogens is 303 g/mol. The predicted molar refractivity (Wildman–Crippen MR) is 97.4 cm³/mol. The van der Waals surface area contributed by atoms with Gasteiger partial charge in [0.05, 0.1) is 12.7 Å². The minimum absolute atomic E-state index is 0.120. The van der Waals surface area contributed by atoms with Gasteiger partial charge in [-0.1, -0.05) is 50.6 Å². The minimum atomic E-state index is -0.580. The molecule has 0 amide bonds. The number of rotatable bonds is 8. The Morgan fingerprint density at radius 1 is 1.38 bits per heavy atom. The zero-order valence-electron chi connectivity index (χ0n) is 14.6. The number of benzene rings is 1. The van der Waals surface area contributed by atoms with Crippen molar-refractivity contribution in [3.63, 3.8) is 0 Å². The first-order valence-corrected chi connectivity index (χ1v) is 8.72. The van der Waals surface area contributed by atoms with Gasteiger partial charge in [-0.15, -0.1) is 0 Å². The first-order valence-electron chi connectivity index (χ1n) is 8.72. The SMILES string of the molecule is C=C(CC)C1=CCOC1CC/C(=C/c1ccc(O)c(F)c1)CCC. The summed E-state index contributed by atoms with van der Waals surface area (Å²) in [5.41, 5.74) is 4.46. The minimum Gasteiger partial charge on any atom is -0.505 e. The van der Waals surface area contributed by atoms with Crippen molar-refractivity contribution in [2.24, 2.45) is 0 Å². The van der Waals surface area contributed by atoms with Crippen LogP contribution in [0.5, 0.6) is 5.75 Å². The molecule has 0 spiro atoms. The Bertz CT molecular complexity index is 643. The summed E-state index contributed by atoms with van der Waals surface area (Å²) in [6, 6.07) is 4.52. The molecule has 1 atom stereocenters. The maximum Gasteiger partial charge on any atom is 0.165 e. The Hall–Kier alpha value is -1.87. The van der Waals surface area contributed by atoms with Crippen LogP contribution in [-0.4, -0.2) is 17.8 Å². The third kappa shape index (κ3) is 4.81. The van der Waals surface area contributed by atoms with Crippen molar-refractivity contribution in [2.45, 2.75) is 52.1 Å². The molecule has 0 radical (unpaired) electrons. The molecule has 0 saturated heterocycles. The van der Waals surface area contributed by atoms with E-state index >= 15 is 0 Å². The number of hydrogen-bond acceptors (Lipinski definition) is 2. The number of hydrogen-bond donors (Lipinski definition) is 1. The quantitative estimate of drug-likeness (QED) is 0.654. The van der Waals surface area contributed by atoms with Crippen molar-refractivity contribution in [3.05, 3.63) is 59.0 Å². The standard InChI is InChI=1S/C21H27FO2/c1-4-6-16(13-17-7-9-20(23)19(22)14-17)8-10-21-18(11-12-24-21)15(3)5-2/h7,9,11,13-14,21,23H,3-6,8,10,12H2,1-2H3/b16-13+. The van der Waals surface area contributed by atoms with Crippen LogP contribution < -0.4 is 0 Å². The number of aromatic hydroxyl groups is 1. The molecule has 3 heteroatoms. The zero-order valence-corrected chi connectivity index (χ0v) is 14.6. The van der Waals surface area contributed by atoms with Crippen molar-refractivity contribution in [2.75, 3.05) is 6.61 Å². The molecule has 0 saturated carbocycles. The fourth-order valence-corrected chi connectivity index (χ4v) is 3.05. The number of ether oxygens (including phenoxy) is 1. The van der Waals surface area contributed by atoms with Gasteiger partial charge in [0.2, 0.25) is 0 Å². The van der Waals surface area contributed by atoms with Crippen LogP contribution >= 0.6 is 0 Å². The molecule has 1 unspecified atom stereocenters. The second kappa shape index (κ2) is 8.84. The van der Waals surface area contributed by atoms with Crippen LogP contribution in [0, 0.1) is 5.82 Å². The van der Waals surface area contributed by atoms with Crippen LogP contribution in [0.4, 0.5) is 4.39 Å². The Kier molecular flexibility index (Phi) is 6.80. The van der Waals surface area contributed by atoms with Gasteiger partial charge in [-0.05, 0) is 54.5 Å². The summed E-state index contributed by atoms with van der Waals surface area (Å²) in [5, 5.41) is 9.31. The molecule has 1 aromatic rings. The van der Waals surface area contributed by atoms with Crippen LogP contribution in [0.15, 0.2) is 47.6 Å². The zero-order chi connectivity index (χ0) is 17.5. The summed E-state index contributed by atoms with van der Waals surface area (Å²) in [4.78, 5) is 0. The van der Waals surface area contributed by atoms with E-state index < -0.39 is 5.82 Å². The highest BCUT2D eigenvalue weighted by molar-refractivity contribution is 5.54. The van der Waals surface area contributed by atoms with E-state index in [4.69, 9.17) is 4.74 Å². The average molecular weight is 330 g/mol. The number of phenols is 1. The fourth-order valence-electron chi connectivity index (χ4n) is 3.05. The highest BCUT2D eigenvalue weighted by atomic mass is 19.1. The second-order valence-electron chi connectivity index (χ2n) is 6.24. The lowest BCUT2D eigenvalue weighted by atomic mass is 9.94. The van der Waals surface area contributed by atoms with Gasteiger partial charge in [-0.25, -0.2) is 4.39 Å². The molecule has 0 fully saturated rings. The van der Waals surface area contributed by atoms with Crippen LogP contribution in [-0.2, 0) is 4.74 Å². The largest absolute Gasteiger partial charge is 0.505 e. The van der Waals surface area contributed by atoms with Gasteiger partial charge >= 0.3 is 0 Å². The lowest BCUT2D eigenvalue weighted by Gasteiger charge is -2.17. The Morgan fingerprint density at radius 2 is 2.17 bits per heavy atom. The van der Waals surface area contributed by atoms with E-state index in [1.54, 1.807) is 6.07 Å². The summed E-state index contributed by atoms with van der Waals surface area (Å²) in [6.07, 6.45) is 9.07. The number of phenolic OH excluding ortho intramolecular Hbond substituents is 1. The topological polar surface area (TPSA) is 29.5 Å². The molecule has 2 nitrogen and oxygen atoms in total. The summed E-state index contributed by atoms with van der Waals surface area (Å²) >= 11 is 0. The molecule has 1 heterocycles. The highest BCUT2D eigenvalue weighted by Gasteiger charge is 2.21. The van der Waals surface area contributed by atoms with E-state index in [9.17, 15) is 9.50 Å². The Morgan fingerprint density at radius 3 is 2.83 bits per heavy atom. The van der Waals surface area contributed by atoms with Gasteiger partial charge in [-0.3, -0.25) is 0 Å². The van der Waals surface area contributed by atoms with Gasteiger partial charge in [-0.2, -0.15) is 0 Å². The molecule has 24 heavy (non-hydrogen) atoms. The van der Waals surface area contributed by atoms with Gasteiger partial charge < -0.3 is 9.84 Å². The van der Waals surface area contributed by atoms with E-state index in [1.165, 1.54) is 23.3 Å². The predicted octanol–water partition coefficient (Wildman–Crippen LogP) is 5.79. The van der Waals surface area contributed by atoms with Crippen LogP contribution in [0.1, 0.15) is 51.5 Å². The van der Waals surface area contributed by atoms with Crippen LogP contribution in [0.3, 0.4) is 0 Å². The molecule has 1 aliphatic heterocycles. The summed E-state index contributed by atoms with van der Waals surface area (Å²) in [5.74, 6) is -0.889. The molecule has 1 aliphatic rings. The summed E-state index contributed by atoms with van der Waals surface area (Å²) < 4.78 is 19.3. The number of allylic oxidation sites excluding steroid dienone is 1. The fraction of sp³-hybridized carbons (Fsp3) is 0.429. The van der Waals surface area contributed by atoms with Crippen molar-refractivity contribution in [3.8, 4) is 5.75 Å².